The monoisotopic (exact) mass is 298 g/mol. The molecule has 0 saturated heterocycles. The van der Waals surface area contributed by atoms with E-state index in [0.717, 1.165) is 25.7 Å². The fourth-order valence-corrected chi connectivity index (χ4v) is 1.43. The standard InChI is InChI=1S/C10H18O2.C7H12O2/c1-3-5-6-7-8-9-12-10(11)4-2;1-3-4-5-6(2)7(8)9/h4H,2-3,5-9H2,1H3;2-5H2,1H3,(H,8,9). The first-order chi connectivity index (χ1) is 9.99. The SMILES string of the molecule is C=C(CCCC)C(=O)O.C=CC(=O)OCCCCCCC. The number of ether oxygens (including phenoxy) is 1. The Kier molecular flexibility index (Phi) is 17.0. The zero-order valence-corrected chi connectivity index (χ0v) is 13.5. The molecule has 0 aromatic carbocycles. The van der Waals surface area contributed by atoms with Gasteiger partial charge in [-0.3, -0.25) is 0 Å². The maximum atomic E-state index is 10.6. The Balaban J connectivity index is 0. The van der Waals surface area contributed by atoms with Crippen LogP contribution in [0.2, 0.25) is 0 Å². The molecule has 0 aliphatic rings. The van der Waals surface area contributed by atoms with Gasteiger partial charge in [-0.05, 0) is 19.3 Å². The molecular formula is C17H30O4. The van der Waals surface area contributed by atoms with Crippen LogP contribution in [-0.4, -0.2) is 23.7 Å². The molecule has 21 heavy (non-hydrogen) atoms. The molecule has 122 valence electrons. The Morgan fingerprint density at radius 2 is 1.62 bits per heavy atom. The van der Waals surface area contributed by atoms with Gasteiger partial charge in [0, 0.05) is 11.6 Å². The quantitative estimate of drug-likeness (QED) is 0.346. The smallest absolute Gasteiger partial charge is 0.330 e. The molecule has 0 rings (SSSR count). The van der Waals surface area contributed by atoms with Gasteiger partial charge < -0.3 is 9.84 Å². The Hall–Kier alpha value is -1.58. The molecule has 0 atom stereocenters. The first-order valence-corrected chi connectivity index (χ1v) is 7.69. The molecule has 0 aromatic rings. The van der Waals surface area contributed by atoms with E-state index in [1.807, 2.05) is 6.92 Å². The van der Waals surface area contributed by atoms with Gasteiger partial charge in [0.2, 0.25) is 0 Å². The highest BCUT2D eigenvalue weighted by molar-refractivity contribution is 5.85. The van der Waals surface area contributed by atoms with Crippen LogP contribution in [0.3, 0.4) is 0 Å². The highest BCUT2D eigenvalue weighted by Crippen LogP contribution is 2.03. The van der Waals surface area contributed by atoms with Crippen molar-refractivity contribution < 1.29 is 19.4 Å². The third-order valence-corrected chi connectivity index (χ3v) is 2.79. The molecule has 0 unspecified atom stereocenters. The highest BCUT2D eigenvalue weighted by atomic mass is 16.5. The van der Waals surface area contributed by atoms with E-state index in [1.165, 1.54) is 25.3 Å². The Bertz CT molecular complexity index is 308. The molecule has 1 N–H and O–H groups in total. The maximum Gasteiger partial charge on any atom is 0.330 e. The summed E-state index contributed by atoms with van der Waals surface area (Å²) >= 11 is 0. The van der Waals surface area contributed by atoms with Gasteiger partial charge in [-0.1, -0.05) is 59.1 Å². The number of aliphatic carboxylic acids is 1. The molecule has 0 aliphatic heterocycles. The van der Waals surface area contributed by atoms with Gasteiger partial charge in [0.25, 0.3) is 0 Å². The van der Waals surface area contributed by atoms with Gasteiger partial charge >= 0.3 is 11.9 Å². The van der Waals surface area contributed by atoms with Crippen LogP contribution in [0.5, 0.6) is 0 Å². The molecule has 0 aliphatic carbocycles. The van der Waals surface area contributed by atoms with Crippen molar-refractivity contribution in [2.24, 2.45) is 0 Å². The lowest BCUT2D eigenvalue weighted by molar-refractivity contribution is -0.138. The molecule has 0 amide bonds. The van der Waals surface area contributed by atoms with Crippen LogP contribution in [0.25, 0.3) is 0 Å². The van der Waals surface area contributed by atoms with Gasteiger partial charge in [-0.2, -0.15) is 0 Å². The second kappa shape index (κ2) is 16.5. The largest absolute Gasteiger partial charge is 0.478 e. The predicted octanol–water partition coefficient (Wildman–Crippen LogP) is 4.50. The molecule has 0 fully saturated rings. The van der Waals surface area contributed by atoms with Crippen LogP contribution < -0.4 is 0 Å². The number of hydrogen-bond acceptors (Lipinski definition) is 3. The summed E-state index contributed by atoms with van der Waals surface area (Å²) in [6, 6.07) is 0. The minimum atomic E-state index is -0.872. The summed E-state index contributed by atoms with van der Waals surface area (Å²) in [5.74, 6) is -1.19. The number of unbranched alkanes of at least 4 members (excludes halogenated alkanes) is 5. The van der Waals surface area contributed by atoms with E-state index in [9.17, 15) is 9.59 Å². The van der Waals surface area contributed by atoms with E-state index in [1.54, 1.807) is 0 Å². The van der Waals surface area contributed by atoms with Crippen molar-refractivity contribution in [3.8, 4) is 0 Å². The minimum Gasteiger partial charge on any atom is -0.478 e. The summed E-state index contributed by atoms with van der Waals surface area (Å²) in [7, 11) is 0. The molecule has 0 aromatic heterocycles. The van der Waals surface area contributed by atoms with Crippen molar-refractivity contribution in [1.82, 2.24) is 0 Å². The predicted molar refractivity (Wildman–Crippen MR) is 86.2 cm³/mol. The van der Waals surface area contributed by atoms with Crippen molar-refractivity contribution >= 4 is 11.9 Å². The fraction of sp³-hybridized carbons (Fsp3) is 0.647. The third kappa shape index (κ3) is 18.4. The third-order valence-electron chi connectivity index (χ3n) is 2.79. The molecule has 4 heteroatoms. The molecule has 0 heterocycles. The molecule has 0 bridgehead atoms. The average Bonchev–Trinajstić information content (AvgIpc) is 2.48. The number of esters is 1. The van der Waals surface area contributed by atoms with Gasteiger partial charge in [0.1, 0.15) is 0 Å². The van der Waals surface area contributed by atoms with Crippen molar-refractivity contribution in [1.29, 1.82) is 0 Å². The summed E-state index contributed by atoms with van der Waals surface area (Å²) in [6.45, 7) is 11.4. The molecule has 0 radical (unpaired) electrons. The number of carboxylic acids is 1. The number of carbonyl (C=O) groups excluding carboxylic acids is 1. The zero-order valence-electron chi connectivity index (χ0n) is 13.5. The number of carboxylic acid groups (broad SMARTS) is 1. The lowest BCUT2D eigenvalue weighted by Crippen LogP contribution is -2.01. The number of carbonyl (C=O) groups is 2. The molecule has 4 nitrogen and oxygen atoms in total. The van der Waals surface area contributed by atoms with E-state index in [4.69, 9.17) is 9.84 Å². The van der Waals surface area contributed by atoms with Gasteiger partial charge in [0.15, 0.2) is 0 Å². The van der Waals surface area contributed by atoms with Crippen LogP contribution in [0, 0.1) is 0 Å². The Morgan fingerprint density at radius 1 is 1.05 bits per heavy atom. The average molecular weight is 298 g/mol. The van der Waals surface area contributed by atoms with Crippen LogP contribution in [0.1, 0.15) is 65.2 Å². The molecular weight excluding hydrogens is 268 g/mol. The summed E-state index contributed by atoms with van der Waals surface area (Å²) in [5, 5.41) is 8.31. The summed E-state index contributed by atoms with van der Waals surface area (Å²) in [5.41, 5.74) is 0.317. The lowest BCUT2D eigenvalue weighted by Gasteiger charge is -2.00. The second-order valence-electron chi connectivity index (χ2n) is 4.80. The van der Waals surface area contributed by atoms with Crippen LogP contribution >= 0.6 is 0 Å². The number of rotatable bonds is 11. The van der Waals surface area contributed by atoms with E-state index < -0.39 is 5.97 Å². The van der Waals surface area contributed by atoms with E-state index in [2.05, 4.69) is 20.1 Å². The summed E-state index contributed by atoms with van der Waals surface area (Å²) < 4.78 is 4.81. The van der Waals surface area contributed by atoms with Crippen molar-refractivity contribution in [2.45, 2.75) is 65.2 Å². The maximum absolute atomic E-state index is 10.6. The normalized spacial score (nSPS) is 9.24. The molecule has 0 spiro atoms. The molecule has 0 saturated carbocycles. The van der Waals surface area contributed by atoms with Crippen molar-refractivity contribution in [2.75, 3.05) is 6.61 Å². The minimum absolute atomic E-state index is 0.314. The van der Waals surface area contributed by atoms with Crippen LogP contribution in [0.15, 0.2) is 24.8 Å². The van der Waals surface area contributed by atoms with Gasteiger partial charge in [-0.15, -0.1) is 0 Å². The van der Waals surface area contributed by atoms with Gasteiger partial charge in [0.05, 0.1) is 6.61 Å². The van der Waals surface area contributed by atoms with E-state index in [-0.39, 0.29) is 5.97 Å². The number of hydrogen-bond donors (Lipinski definition) is 1. The topological polar surface area (TPSA) is 63.6 Å². The van der Waals surface area contributed by atoms with E-state index in [0.29, 0.717) is 18.6 Å². The van der Waals surface area contributed by atoms with Crippen molar-refractivity contribution in [3.63, 3.8) is 0 Å². The first kappa shape index (κ1) is 21.7. The summed E-state index contributed by atoms with van der Waals surface area (Å²) in [6.07, 6.45) is 9.64. The fourth-order valence-electron chi connectivity index (χ4n) is 1.43. The van der Waals surface area contributed by atoms with Crippen LogP contribution in [-0.2, 0) is 14.3 Å². The Labute approximate surface area is 128 Å². The lowest BCUT2D eigenvalue weighted by atomic mass is 10.1. The van der Waals surface area contributed by atoms with E-state index >= 15 is 0 Å². The second-order valence-corrected chi connectivity index (χ2v) is 4.80. The first-order valence-electron chi connectivity index (χ1n) is 7.69. The van der Waals surface area contributed by atoms with Gasteiger partial charge in [-0.25, -0.2) is 9.59 Å². The van der Waals surface area contributed by atoms with Crippen LogP contribution in [0.4, 0.5) is 0 Å². The highest BCUT2D eigenvalue weighted by Gasteiger charge is 2.00. The Morgan fingerprint density at radius 3 is 2.10 bits per heavy atom. The summed E-state index contributed by atoms with van der Waals surface area (Å²) in [4.78, 5) is 20.7. The van der Waals surface area contributed by atoms with Crippen molar-refractivity contribution in [3.05, 3.63) is 24.8 Å². The zero-order chi connectivity index (χ0) is 16.5.